The molecule has 1 aromatic heterocycles. The van der Waals surface area contributed by atoms with Crippen LogP contribution in [-0.2, 0) is 16.6 Å². The number of amides is 1. The lowest BCUT2D eigenvalue weighted by atomic mass is 10.2. The number of methoxy groups -OCH3 is 1. The van der Waals surface area contributed by atoms with Crippen LogP contribution in [0.5, 0.6) is 11.5 Å². The topological polar surface area (TPSA) is 107 Å². The maximum absolute atomic E-state index is 12.7. The number of anilines is 1. The first kappa shape index (κ1) is 21.8. The van der Waals surface area contributed by atoms with Gasteiger partial charge in [-0.25, -0.2) is 13.1 Å². The zero-order valence-corrected chi connectivity index (χ0v) is 18.3. The first-order valence-electron chi connectivity index (χ1n) is 10.1. The van der Waals surface area contributed by atoms with E-state index in [4.69, 9.17) is 9.47 Å². The first-order chi connectivity index (χ1) is 15.4. The van der Waals surface area contributed by atoms with Gasteiger partial charge in [-0.05, 0) is 66.9 Å². The second-order valence-electron chi connectivity index (χ2n) is 7.38. The maximum atomic E-state index is 12.7. The first-order valence-corrected chi connectivity index (χ1v) is 11.6. The number of ether oxygens (including phenoxy) is 2. The lowest BCUT2D eigenvalue weighted by molar-refractivity contribution is 0.102. The summed E-state index contributed by atoms with van der Waals surface area (Å²) < 4.78 is 38.4. The summed E-state index contributed by atoms with van der Waals surface area (Å²) in [4.78, 5) is 16.8. The molecule has 0 radical (unpaired) electrons. The van der Waals surface area contributed by atoms with Crippen molar-refractivity contribution in [1.29, 1.82) is 0 Å². The Kier molecular flexibility index (Phi) is 6.38. The van der Waals surface area contributed by atoms with Crippen LogP contribution in [0.15, 0.2) is 71.9 Å². The highest BCUT2D eigenvalue weighted by atomic mass is 32.2. The molecule has 2 N–H and O–H groups in total. The van der Waals surface area contributed by atoms with E-state index in [9.17, 15) is 13.2 Å². The fourth-order valence-corrected chi connectivity index (χ4v) is 4.29. The summed E-state index contributed by atoms with van der Waals surface area (Å²) in [7, 11) is -2.01. The molecule has 1 heterocycles. The normalized spacial score (nSPS) is 13.4. The number of hydrogen-bond acceptors (Lipinski definition) is 6. The van der Waals surface area contributed by atoms with Gasteiger partial charge in [0, 0.05) is 35.8 Å². The standard InChI is InChI=1S/C23H23N3O5S/c1-30-21-9-6-19(14-22(21)31-15-16-10-12-24-13-11-16)25-23(27)17-2-7-20(8-3-17)32(28,29)26-18-4-5-18/h2-3,6-14,18,26H,4-5,15H2,1H3,(H,25,27). The molecule has 32 heavy (non-hydrogen) atoms. The highest BCUT2D eigenvalue weighted by Gasteiger charge is 2.28. The lowest BCUT2D eigenvalue weighted by Crippen LogP contribution is -2.25. The van der Waals surface area contributed by atoms with Crippen molar-refractivity contribution in [3.05, 3.63) is 78.1 Å². The second kappa shape index (κ2) is 9.37. The number of hydrogen-bond donors (Lipinski definition) is 2. The molecule has 9 heteroatoms. The third-order valence-corrected chi connectivity index (χ3v) is 6.43. The van der Waals surface area contributed by atoms with Gasteiger partial charge in [-0.2, -0.15) is 0 Å². The Morgan fingerprint density at radius 3 is 2.41 bits per heavy atom. The summed E-state index contributed by atoms with van der Waals surface area (Å²) in [6.45, 7) is 0.321. The molecule has 1 fully saturated rings. The fourth-order valence-electron chi connectivity index (χ4n) is 2.98. The van der Waals surface area contributed by atoms with Crippen molar-refractivity contribution >= 4 is 21.6 Å². The monoisotopic (exact) mass is 453 g/mol. The summed E-state index contributed by atoms with van der Waals surface area (Å²) >= 11 is 0. The van der Waals surface area contributed by atoms with Crippen LogP contribution >= 0.6 is 0 Å². The molecular weight excluding hydrogens is 430 g/mol. The van der Waals surface area contributed by atoms with Gasteiger partial charge in [-0.1, -0.05) is 0 Å². The Bertz CT molecular complexity index is 1190. The van der Waals surface area contributed by atoms with Gasteiger partial charge in [0.2, 0.25) is 10.0 Å². The number of pyridine rings is 1. The summed E-state index contributed by atoms with van der Waals surface area (Å²) in [6, 6.07) is 14.6. The van der Waals surface area contributed by atoms with E-state index in [1.807, 2.05) is 12.1 Å². The van der Waals surface area contributed by atoms with Crippen molar-refractivity contribution in [3.8, 4) is 11.5 Å². The molecule has 4 rings (SSSR count). The van der Waals surface area contributed by atoms with Crippen molar-refractivity contribution in [2.24, 2.45) is 0 Å². The molecule has 0 atom stereocenters. The number of rotatable bonds is 9. The van der Waals surface area contributed by atoms with Gasteiger partial charge in [-0.3, -0.25) is 9.78 Å². The van der Waals surface area contributed by atoms with E-state index in [0.29, 0.717) is 29.4 Å². The van der Waals surface area contributed by atoms with Gasteiger partial charge >= 0.3 is 0 Å². The van der Waals surface area contributed by atoms with Crippen LogP contribution in [0.3, 0.4) is 0 Å². The molecule has 0 aliphatic heterocycles. The highest BCUT2D eigenvalue weighted by molar-refractivity contribution is 7.89. The van der Waals surface area contributed by atoms with E-state index in [1.54, 1.807) is 37.7 Å². The van der Waals surface area contributed by atoms with Crippen molar-refractivity contribution in [3.63, 3.8) is 0 Å². The van der Waals surface area contributed by atoms with Crippen molar-refractivity contribution in [2.75, 3.05) is 12.4 Å². The Morgan fingerprint density at radius 1 is 1.03 bits per heavy atom. The summed E-state index contributed by atoms with van der Waals surface area (Å²) in [5.74, 6) is 0.652. The van der Waals surface area contributed by atoms with Crippen molar-refractivity contribution in [1.82, 2.24) is 9.71 Å². The van der Waals surface area contributed by atoms with Crippen LogP contribution in [0.4, 0.5) is 5.69 Å². The van der Waals surface area contributed by atoms with E-state index < -0.39 is 10.0 Å². The molecule has 3 aromatic rings. The van der Waals surface area contributed by atoms with Crippen LogP contribution < -0.4 is 19.5 Å². The average molecular weight is 454 g/mol. The molecule has 8 nitrogen and oxygen atoms in total. The van der Waals surface area contributed by atoms with Gasteiger partial charge in [0.25, 0.3) is 5.91 Å². The fraction of sp³-hybridized carbons (Fsp3) is 0.217. The zero-order chi connectivity index (χ0) is 22.6. The van der Waals surface area contributed by atoms with Gasteiger partial charge in [-0.15, -0.1) is 0 Å². The van der Waals surface area contributed by atoms with Crippen LogP contribution in [-0.4, -0.2) is 32.5 Å². The smallest absolute Gasteiger partial charge is 0.255 e. The SMILES string of the molecule is COc1ccc(NC(=O)c2ccc(S(=O)(=O)NC3CC3)cc2)cc1OCc1ccncc1. The molecule has 0 spiro atoms. The molecule has 1 amide bonds. The Hall–Kier alpha value is -3.43. The predicted molar refractivity (Wildman–Crippen MR) is 119 cm³/mol. The number of carbonyl (C=O) groups is 1. The van der Waals surface area contributed by atoms with Crippen LogP contribution in [0.2, 0.25) is 0 Å². The minimum Gasteiger partial charge on any atom is -0.493 e. The minimum atomic E-state index is -3.56. The molecule has 0 unspecified atom stereocenters. The summed E-state index contributed by atoms with van der Waals surface area (Å²) in [5, 5.41) is 2.80. The molecule has 166 valence electrons. The van der Waals surface area contributed by atoms with Crippen LogP contribution in [0.25, 0.3) is 0 Å². The van der Waals surface area contributed by atoms with Crippen LogP contribution in [0, 0.1) is 0 Å². The van der Waals surface area contributed by atoms with Crippen molar-refractivity contribution < 1.29 is 22.7 Å². The highest BCUT2D eigenvalue weighted by Crippen LogP contribution is 2.31. The van der Waals surface area contributed by atoms with Crippen molar-refractivity contribution in [2.45, 2.75) is 30.4 Å². The molecule has 1 aliphatic carbocycles. The van der Waals surface area contributed by atoms with E-state index in [2.05, 4.69) is 15.0 Å². The van der Waals surface area contributed by atoms with E-state index >= 15 is 0 Å². The molecule has 2 aromatic carbocycles. The number of nitrogens with zero attached hydrogens (tertiary/aromatic N) is 1. The third-order valence-electron chi connectivity index (χ3n) is 4.89. The average Bonchev–Trinajstić information content (AvgIpc) is 3.62. The Labute approximate surface area is 186 Å². The molecular formula is C23H23N3O5S. The largest absolute Gasteiger partial charge is 0.493 e. The molecule has 1 saturated carbocycles. The van der Waals surface area contributed by atoms with Gasteiger partial charge < -0.3 is 14.8 Å². The maximum Gasteiger partial charge on any atom is 0.255 e. The number of nitrogens with one attached hydrogen (secondary N) is 2. The summed E-state index contributed by atoms with van der Waals surface area (Å²) in [6.07, 6.45) is 5.09. The quantitative estimate of drug-likeness (QED) is 0.515. The second-order valence-corrected chi connectivity index (χ2v) is 9.10. The number of carbonyl (C=O) groups excluding carboxylic acids is 1. The minimum absolute atomic E-state index is 0.0213. The predicted octanol–water partition coefficient (Wildman–Crippen LogP) is 3.36. The molecule has 0 saturated heterocycles. The number of aromatic nitrogens is 1. The third kappa shape index (κ3) is 5.43. The van der Waals surface area contributed by atoms with Gasteiger partial charge in [0.1, 0.15) is 6.61 Å². The number of benzene rings is 2. The van der Waals surface area contributed by atoms with E-state index in [0.717, 1.165) is 18.4 Å². The molecule has 0 bridgehead atoms. The van der Waals surface area contributed by atoms with Gasteiger partial charge in [0.05, 0.1) is 12.0 Å². The summed E-state index contributed by atoms with van der Waals surface area (Å²) in [5.41, 5.74) is 1.81. The lowest BCUT2D eigenvalue weighted by Gasteiger charge is -2.13. The van der Waals surface area contributed by atoms with E-state index in [1.165, 1.54) is 24.3 Å². The van der Waals surface area contributed by atoms with Crippen LogP contribution in [0.1, 0.15) is 28.8 Å². The van der Waals surface area contributed by atoms with E-state index in [-0.39, 0.29) is 16.8 Å². The zero-order valence-electron chi connectivity index (χ0n) is 17.4. The molecule has 1 aliphatic rings. The Morgan fingerprint density at radius 2 is 1.75 bits per heavy atom. The number of sulfonamides is 1. The Balaban J connectivity index is 1.44. The van der Waals surface area contributed by atoms with Gasteiger partial charge in [0.15, 0.2) is 11.5 Å².